The Bertz CT molecular complexity index is 1470. The van der Waals surface area contributed by atoms with E-state index in [1.807, 2.05) is 0 Å². The summed E-state index contributed by atoms with van der Waals surface area (Å²) < 4.78 is 0. The van der Waals surface area contributed by atoms with Crippen molar-refractivity contribution in [2.75, 3.05) is 0 Å². The third-order valence-corrected chi connectivity index (χ3v) is 14.1. The van der Waals surface area contributed by atoms with Crippen LogP contribution in [0.4, 0.5) is 0 Å². The van der Waals surface area contributed by atoms with Crippen LogP contribution in [-0.2, 0) is 17.1 Å². The molecule has 0 aliphatic heterocycles. The Morgan fingerprint density at radius 1 is 0.511 bits per heavy atom. The molecule has 0 aliphatic rings. The molecule has 0 radical (unpaired) electrons. The van der Waals surface area contributed by atoms with Crippen LogP contribution in [0.25, 0.3) is 0 Å². The molecule has 0 aliphatic carbocycles. The third kappa shape index (κ3) is 9.11. The molecule has 6 aromatic carbocycles. The predicted octanol–water partition coefficient (Wildman–Crippen LogP) is 10.1. The van der Waals surface area contributed by atoms with Crippen LogP contribution in [-0.4, -0.2) is 0 Å². The molecule has 0 fully saturated rings. The summed E-state index contributed by atoms with van der Waals surface area (Å²) in [5, 5.41) is 8.82. The van der Waals surface area contributed by atoms with Crippen LogP contribution in [0.1, 0.15) is 76.3 Å². The Labute approximate surface area is 297 Å². The van der Waals surface area contributed by atoms with E-state index in [2.05, 4.69) is 185 Å². The number of benzene rings is 4. The van der Waals surface area contributed by atoms with Gasteiger partial charge in [0, 0.05) is 17.1 Å². The molecular weight excluding hydrogens is 646 g/mol. The van der Waals surface area contributed by atoms with Crippen LogP contribution in [0.5, 0.6) is 0 Å². The molecule has 0 saturated carbocycles. The van der Waals surface area contributed by atoms with E-state index in [1.165, 1.54) is 57.5 Å². The summed E-state index contributed by atoms with van der Waals surface area (Å²) in [5.41, 5.74) is 3.10. The van der Waals surface area contributed by atoms with E-state index < -0.39 is 15.8 Å². The number of hydrogen-bond donors (Lipinski definition) is 0. The molecule has 0 spiro atoms. The van der Waals surface area contributed by atoms with E-state index in [4.69, 9.17) is 0 Å². The van der Waals surface area contributed by atoms with Gasteiger partial charge in [-0.25, -0.2) is 26.0 Å². The van der Waals surface area contributed by atoms with Crippen LogP contribution in [0, 0.1) is 0 Å². The van der Waals surface area contributed by atoms with Gasteiger partial charge < -0.3 is 29.1 Å². The van der Waals surface area contributed by atoms with Gasteiger partial charge >= 0.3 is 0 Å². The van der Waals surface area contributed by atoms with Gasteiger partial charge in [-0.1, -0.05) is 191 Å². The van der Waals surface area contributed by atoms with E-state index in [9.17, 15) is 0 Å². The zero-order chi connectivity index (χ0) is 32.1. The van der Waals surface area contributed by atoms with E-state index in [0.717, 1.165) is 0 Å². The monoisotopic (exact) mass is 694 g/mol. The minimum absolute atomic E-state index is 0. The van der Waals surface area contributed by atoms with Crippen LogP contribution in [0.2, 0.25) is 0 Å². The molecule has 6 rings (SSSR count). The molecular formula is C44H48FeP2-6. The Morgan fingerprint density at radius 2 is 0.936 bits per heavy atom. The molecule has 0 amide bonds. The molecule has 3 heteroatoms. The summed E-state index contributed by atoms with van der Waals surface area (Å²) in [6.45, 7) is 9.22. The molecule has 0 bridgehead atoms. The van der Waals surface area contributed by atoms with Gasteiger partial charge in [-0.15, -0.1) is 10.9 Å². The van der Waals surface area contributed by atoms with Crippen molar-refractivity contribution < 1.29 is 17.1 Å². The molecule has 0 N–H and O–H groups in total. The van der Waals surface area contributed by atoms with Gasteiger partial charge in [0.2, 0.25) is 0 Å². The summed E-state index contributed by atoms with van der Waals surface area (Å²) in [4.78, 5) is 0. The van der Waals surface area contributed by atoms with Gasteiger partial charge in [0.05, 0.1) is 0 Å². The number of hydrogen-bond acceptors (Lipinski definition) is 0. The van der Waals surface area contributed by atoms with Gasteiger partial charge in [-0.05, 0) is 18.5 Å². The van der Waals surface area contributed by atoms with Crippen molar-refractivity contribution in [1.82, 2.24) is 0 Å². The quantitative estimate of drug-likeness (QED) is 0.0680. The maximum Gasteiger partial charge on any atom is 0 e. The Kier molecular flexibility index (Phi) is 14.9. The average Bonchev–Trinajstić information content (AvgIpc) is 3.79. The summed E-state index contributed by atoms with van der Waals surface area (Å²) in [6.07, 6.45) is 4.83. The molecule has 0 heterocycles. The van der Waals surface area contributed by atoms with Gasteiger partial charge in [0.15, 0.2) is 0 Å². The first-order chi connectivity index (χ1) is 22.7. The van der Waals surface area contributed by atoms with Crippen molar-refractivity contribution in [2.45, 2.75) is 65.2 Å². The van der Waals surface area contributed by atoms with Gasteiger partial charge in [0.25, 0.3) is 0 Å². The van der Waals surface area contributed by atoms with Crippen molar-refractivity contribution in [3.05, 3.63) is 169 Å². The predicted molar refractivity (Wildman–Crippen MR) is 208 cm³/mol. The van der Waals surface area contributed by atoms with Gasteiger partial charge in [0.1, 0.15) is 0 Å². The fraction of sp³-hybridized carbons (Fsp3) is 0.227. The Morgan fingerprint density at radius 3 is 1.36 bits per heavy atom. The van der Waals surface area contributed by atoms with Crippen molar-refractivity contribution in [3.63, 3.8) is 0 Å². The zero-order valence-electron chi connectivity index (χ0n) is 28.2. The fourth-order valence-corrected chi connectivity index (χ4v) is 11.7. The second-order valence-electron chi connectivity index (χ2n) is 11.8. The molecule has 0 aromatic heterocycles. The van der Waals surface area contributed by atoms with Crippen molar-refractivity contribution >= 4 is 47.7 Å². The molecule has 6 aromatic rings. The second kappa shape index (κ2) is 19.1. The third-order valence-electron chi connectivity index (χ3n) is 9.04. The number of rotatable bonds is 12. The molecule has 0 unspecified atom stereocenters. The topological polar surface area (TPSA) is 0 Å². The summed E-state index contributed by atoms with van der Waals surface area (Å²) >= 11 is 0. The largest absolute Gasteiger partial charge is 0.747 e. The minimum Gasteiger partial charge on any atom is -0.747 e. The van der Waals surface area contributed by atoms with Crippen molar-refractivity contribution in [2.24, 2.45) is 0 Å². The van der Waals surface area contributed by atoms with Crippen molar-refractivity contribution in [3.8, 4) is 0 Å². The van der Waals surface area contributed by atoms with Crippen LogP contribution in [0.15, 0.2) is 158 Å². The normalized spacial score (nSPS) is 11.1. The van der Waals surface area contributed by atoms with Gasteiger partial charge in [-0.2, -0.15) is 6.07 Å². The Balaban J connectivity index is 0.000000208. The zero-order valence-corrected chi connectivity index (χ0v) is 31.1. The van der Waals surface area contributed by atoms with Crippen molar-refractivity contribution in [1.29, 1.82) is 0 Å². The summed E-state index contributed by atoms with van der Waals surface area (Å²) in [5.74, 6) is 1.33. The average molecular weight is 695 g/mol. The molecule has 0 saturated heterocycles. The van der Waals surface area contributed by atoms with E-state index in [0.29, 0.717) is 11.8 Å². The fourth-order valence-electron chi connectivity index (χ4n) is 6.57. The summed E-state index contributed by atoms with van der Waals surface area (Å²) in [6, 6.07) is 57.8. The van der Waals surface area contributed by atoms with E-state index in [-0.39, 0.29) is 17.1 Å². The molecule has 0 nitrogen and oxygen atoms in total. The summed E-state index contributed by atoms with van der Waals surface area (Å²) in [7, 11) is -0.947. The Hall–Kier alpha value is -3.04. The molecule has 248 valence electrons. The van der Waals surface area contributed by atoms with Crippen LogP contribution in [0.3, 0.4) is 0 Å². The standard InChI is InChI=1S/2C22H24P.Fe/c2*1-3-18(4-2)21-16-11-17-22(21)23(19-12-7-5-8-13-19)20-14-9-6-10-15-20;/h2*5-18H,3-4H2,1-2H3;/q-5;-1;. The van der Waals surface area contributed by atoms with E-state index >= 15 is 0 Å². The second-order valence-corrected chi connectivity index (χ2v) is 16.1. The molecule has 0 atom stereocenters. The van der Waals surface area contributed by atoms with Crippen LogP contribution < -0.4 is 31.8 Å². The first-order valence-corrected chi connectivity index (χ1v) is 19.7. The first-order valence-electron chi connectivity index (χ1n) is 17.0. The maximum atomic E-state index is 2.35. The smallest absolute Gasteiger partial charge is 0 e. The SMILES string of the molecule is CCC(CC)[c-]1[cH-][cH-][cH-][c-]1P(c1ccccc1)c1ccccc1.CCC(CC)[c-]1cccc1P(c1ccccc1)c1ccccc1.[Fe]. The van der Waals surface area contributed by atoms with Gasteiger partial charge in [-0.3, -0.25) is 0 Å². The van der Waals surface area contributed by atoms with Crippen LogP contribution >= 0.6 is 15.8 Å². The maximum absolute atomic E-state index is 2.35. The first kappa shape index (κ1) is 36.8. The van der Waals surface area contributed by atoms with E-state index in [1.54, 1.807) is 11.1 Å². The minimum atomic E-state index is -0.474. The molecule has 47 heavy (non-hydrogen) atoms.